The average Bonchev–Trinajstić information content (AvgIpc) is 3.53. The van der Waals surface area contributed by atoms with Gasteiger partial charge in [0.25, 0.3) is 0 Å². The van der Waals surface area contributed by atoms with E-state index in [-0.39, 0.29) is 18.1 Å². The van der Waals surface area contributed by atoms with E-state index in [2.05, 4.69) is 25.9 Å². The molecule has 1 aliphatic carbocycles. The number of nitrogens with one attached hydrogen (secondary N) is 3. The average molecular weight is 583 g/mol. The zero-order chi connectivity index (χ0) is 28.9. The van der Waals surface area contributed by atoms with Crippen LogP contribution in [0, 0.1) is 11.7 Å². The Bertz CT molecular complexity index is 1500. The molecule has 1 saturated carbocycles. The fourth-order valence-corrected chi connectivity index (χ4v) is 5.26. The Hall–Kier alpha value is -3.77. The Morgan fingerprint density at radius 1 is 1.12 bits per heavy atom. The lowest BCUT2D eigenvalue weighted by Gasteiger charge is -2.19. The van der Waals surface area contributed by atoms with Gasteiger partial charge in [0.05, 0.1) is 23.4 Å². The molecule has 2 heterocycles. The molecule has 1 aliphatic rings. The molecule has 2 aromatic heterocycles. The Balaban J connectivity index is 1.06. The van der Waals surface area contributed by atoms with Crippen molar-refractivity contribution < 1.29 is 24.1 Å². The molecule has 0 radical (unpaired) electrons. The van der Waals surface area contributed by atoms with Crippen molar-refractivity contribution in [2.75, 3.05) is 25.5 Å². The van der Waals surface area contributed by atoms with Gasteiger partial charge in [-0.15, -0.1) is 0 Å². The largest absolute Gasteiger partial charge is 0.454 e. The normalized spacial score (nSPS) is 20.3. The highest BCUT2D eigenvalue weighted by Crippen LogP contribution is 2.38. The Morgan fingerprint density at radius 3 is 2.68 bits per heavy atom. The van der Waals surface area contributed by atoms with Gasteiger partial charge in [0.2, 0.25) is 5.91 Å². The Kier molecular flexibility index (Phi) is 8.99. The summed E-state index contributed by atoms with van der Waals surface area (Å²) in [6, 6.07) is 12.8. The fraction of sp³-hybridized carbons (Fsp3) is 0.345. The number of hydrogen-bond acceptors (Lipinski definition) is 8. The maximum atomic E-state index is 14.5. The quantitative estimate of drug-likeness (QED) is 0.169. The second-order valence-corrected chi connectivity index (χ2v) is 10.4. The van der Waals surface area contributed by atoms with Crippen molar-refractivity contribution in [2.45, 2.75) is 37.6 Å². The molecule has 4 unspecified atom stereocenters. The molecule has 41 heavy (non-hydrogen) atoms. The zero-order valence-electron chi connectivity index (χ0n) is 22.4. The van der Waals surface area contributed by atoms with Crippen molar-refractivity contribution in [2.24, 2.45) is 5.92 Å². The summed E-state index contributed by atoms with van der Waals surface area (Å²) in [6.45, 7) is 1.43. The van der Waals surface area contributed by atoms with Crippen molar-refractivity contribution in [3.63, 3.8) is 0 Å². The molecule has 216 valence electrons. The van der Waals surface area contributed by atoms with E-state index in [1.165, 1.54) is 12.4 Å². The highest BCUT2D eigenvalue weighted by atomic mass is 35.5. The SMILES string of the molecule is CNc1ncnc2c1ccn2C1CC(C(=O)NCCCNCc2ccc(Oc3ccc(Cl)cc3)c(F)c2)C(O)C1O. The summed E-state index contributed by atoms with van der Waals surface area (Å²) in [7, 11) is 1.76. The van der Waals surface area contributed by atoms with Crippen LogP contribution in [0.4, 0.5) is 10.2 Å². The number of ether oxygens (including phenoxy) is 1. The summed E-state index contributed by atoms with van der Waals surface area (Å²) in [5, 5.41) is 31.9. The summed E-state index contributed by atoms with van der Waals surface area (Å²) in [6.07, 6.45) is 1.83. The molecule has 5 N–H and O–H groups in total. The van der Waals surface area contributed by atoms with E-state index in [0.717, 1.165) is 10.9 Å². The molecule has 0 bridgehead atoms. The summed E-state index contributed by atoms with van der Waals surface area (Å²) < 4.78 is 21.9. The van der Waals surface area contributed by atoms with Crippen LogP contribution >= 0.6 is 11.6 Å². The van der Waals surface area contributed by atoms with Gasteiger partial charge in [-0.1, -0.05) is 17.7 Å². The number of benzene rings is 2. The van der Waals surface area contributed by atoms with Gasteiger partial charge < -0.3 is 35.5 Å². The van der Waals surface area contributed by atoms with E-state index in [0.29, 0.717) is 48.3 Å². The molecule has 0 saturated heterocycles. The lowest BCUT2D eigenvalue weighted by Crippen LogP contribution is -2.39. The number of nitrogens with zero attached hydrogens (tertiary/aromatic N) is 3. The van der Waals surface area contributed by atoms with Crippen LogP contribution in [0.5, 0.6) is 11.5 Å². The van der Waals surface area contributed by atoms with E-state index in [4.69, 9.17) is 16.3 Å². The first-order valence-electron chi connectivity index (χ1n) is 13.4. The number of aliphatic hydroxyl groups is 2. The molecule has 2 aromatic carbocycles. The molecular formula is C29H32ClFN6O4. The molecule has 0 aliphatic heterocycles. The number of rotatable bonds is 11. The summed E-state index contributed by atoms with van der Waals surface area (Å²) >= 11 is 5.87. The Labute approximate surface area is 241 Å². The van der Waals surface area contributed by atoms with Crippen molar-refractivity contribution in [3.8, 4) is 11.5 Å². The summed E-state index contributed by atoms with van der Waals surface area (Å²) in [4.78, 5) is 21.4. The number of hydrogen-bond donors (Lipinski definition) is 5. The lowest BCUT2D eigenvalue weighted by molar-refractivity contribution is -0.128. The fourth-order valence-electron chi connectivity index (χ4n) is 5.14. The molecule has 12 heteroatoms. The van der Waals surface area contributed by atoms with E-state index in [1.54, 1.807) is 54.2 Å². The number of amides is 1. The van der Waals surface area contributed by atoms with Gasteiger partial charge in [-0.2, -0.15) is 0 Å². The first-order chi connectivity index (χ1) is 19.9. The number of anilines is 1. The van der Waals surface area contributed by atoms with E-state index < -0.39 is 30.0 Å². The summed E-state index contributed by atoms with van der Waals surface area (Å²) in [5.74, 6) is -0.240. The second kappa shape index (κ2) is 12.8. The van der Waals surface area contributed by atoms with Crippen molar-refractivity contribution in [1.82, 2.24) is 25.2 Å². The first kappa shape index (κ1) is 28.7. The number of fused-ring (bicyclic) bond motifs is 1. The second-order valence-electron chi connectivity index (χ2n) is 9.97. The van der Waals surface area contributed by atoms with E-state index in [9.17, 15) is 19.4 Å². The smallest absolute Gasteiger partial charge is 0.225 e. The van der Waals surface area contributed by atoms with Crippen LogP contribution in [0.25, 0.3) is 11.0 Å². The highest BCUT2D eigenvalue weighted by Gasteiger charge is 2.46. The maximum absolute atomic E-state index is 14.5. The third-order valence-corrected chi connectivity index (χ3v) is 7.54. The predicted octanol–water partition coefficient (Wildman–Crippen LogP) is 3.64. The topological polar surface area (TPSA) is 134 Å². The molecule has 1 fully saturated rings. The summed E-state index contributed by atoms with van der Waals surface area (Å²) in [5.41, 5.74) is 1.38. The zero-order valence-corrected chi connectivity index (χ0v) is 23.2. The molecular weight excluding hydrogens is 551 g/mol. The molecule has 0 spiro atoms. The monoisotopic (exact) mass is 582 g/mol. The van der Waals surface area contributed by atoms with E-state index >= 15 is 0 Å². The standard InChI is InChI=1S/C29H32ClFN6O4/c1-32-27-20-9-12-37(28(20)36-16-35-27)23-14-21(25(38)26(23)39)29(40)34-11-2-10-33-15-17-3-8-24(22(31)13-17)41-19-6-4-18(30)5-7-19/h3-9,12-13,16,21,23,25-26,33,38-39H,2,10-11,14-15H2,1H3,(H,34,40)(H,32,35,36). The minimum atomic E-state index is -1.19. The van der Waals surface area contributed by atoms with Gasteiger partial charge in [-0.05, 0) is 67.4 Å². The third-order valence-electron chi connectivity index (χ3n) is 7.29. The number of carbonyl (C=O) groups is 1. The van der Waals surface area contributed by atoms with Crippen LogP contribution in [0.15, 0.2) is 61.1 Å². The predicted molar refractivity (Wildman–Crippen MR) is 153 cm³/mol. The number of halogens is 2. The van der Waals surface area contributed by atoms with Crippen molar-refractivity contribution in [1.29, 1.82) is 0 Å². The molecule has 4 atom stereocenters. The molecule has 10 nitrogen and oxygen atoms in total. The van der Waals surface area contributed by atoms with Crippen LogP contribution in [-0.4, -0.2) is 63.0 Å². The number of aromatic nitrogens is 3. The Morgan fingerprint density at radius 2 is 1.93 bits per heavy atom. The van der Waals surface area contributed by atoms with Gasteiger partial charge >= 0.3 is 0 Å². The van der Waals surface area contributed by atoms with Crippen molar-refractivity contribution in [3.05, 3.63) is 77.5 Å². The maximum Gasteiger partial charge on any atom is 0.225 e. The highest BCUT2D eigenvalue weighted by molar-refractivity contribution is 6.30. The van der Waals surface area contributed by atoms with Crippen LogP contribution in [0.2, 0.25) is 5.02 Å². The van der Waals surface area contributed by atoms with Gasteiger partial charge in [0, 0.05) is 31.4 Å². The van der Waals surface area contributed by atoms with Gasteiger partial charge in [-0.3, -0.25) is 4.79 Å². The van der Waals surface area contributed by atoms with Gasteiger partial charge in [0.1, 0.15) is 29.6 Å². The lowest BCUT2D eigenvalue weighted by atomic mass is 10.0. The van der Waals surface area contributed by atoms with Crippen LogP contribution in [0.3, 0.4) is 0 Å². The number of aliphatic hydroxyl groups excluding tert-OH is 2. The molecule has 5 rings (SSSR count). The van der Waals surface area contributed by atoms with Gasteiger partial charge in [0.15, 0.2) is 11.6 Å². The first-order valence-corrected chi connectivity index (χ1v) is 13.8. The minimum Gasteiger partial charge on any atom is -0.454 e. The van der Waals surface area contributed by atoms with Crippen LogP contribution in [0.1, 0.15) is 24.4 Å². The third kappa shape index (κ3) is 6.43. The van der Waals surface area contributed by atoms with E-state index in [1.807, 2.05) is 6.07 Å². The van der Waals surface area contributed by atoms with Crippen molar-refractivity contribution >= 4 is 34.4 Å². The minimum absolute atomic E-state index is 0.126. The molecule has 1 amide bonds. The number of carbonyl (C=O) groups excluding carboxylic acids is 1. The van der Waals surface area contributed by atoms with Crippen LogP contribution in [-0.2, 0) is 11.3 Å². The molecule has 4 aromatic rings. The van der Waals surface area contributed by atoms with Crippen LogP contribution < -0.4 is 20.7 Å². The van der Waals surface area contributed by atoms with Gasteiger partial charge in [-0.25, -0.2) is 14.4 Å².